The Kier molecular flexibility index (Phi) is 7.74. The van der Waals surface area contributed by atoms with Crippen LogP contribution in [0.15, 0.2) is 36.4 Å². The van der Waals surface area contributed by atoms with Crippen LogP contribution < -0.4 is 24.4 Å². The van der Waals surface area contributed by atoms with E-state index in [1.54, 1.807) is 33.5 Å². The van der Waals surface area contributed by atoms with E-state index in [9.17, 15) is 14.4 Å². The van der Waals surface area contributed by atoms with Crippen LogP contribution in [0.1, 0.15) is 43.2 Å². The summed E-state index contributed by atoms with van der Waals surface area (Å²) in [5.41, 5.74) is 1.65. The quantitative estimate of drug-likeness (QED) is 0.584. The maximum Gasteiger partial charge on any atom is 0.253 e. The number of methoxy groups -OCH3 is 3. The lowest BCUT2D eigenvalue weighted by Gasteiger charge is -2.37. The molecule has 0 unspecified atom stereocenters. The number of nitrogens with zero attached hydrogens (tertiary/aromatic N) is 3. The van der Waals surface area contributed by atoms with E-state index in [1.165, 1.54) is 0 Å². The molecule has 3 fully saturated rings. The van der Waals surface area contributed by atoms with Crippen LogP contribution in [0.5, 0.6) is 17.2 Å². The fraction of sp³-hybridized carbons (Fsp3) is 0.531. The van der Waals surface area contributed by atoms with Crippen LogP contribution in [-0.4, -0.2) is 87.6 Å². The number of amides is 3. The zero-order valence-electron chi connectivity index (χ0n) is 24.7. The lowest BCUT2D eigenvalue weighted by Crippen LogP contribution is -2.56. The molecule has 2 aromatic carbocycles. The van der Waals surface area contributed by atoms with Crippen molar-refractivity contribution >= 4 is 23.4 Å². The molecule has 224 valence electrons. The van der Waals surface area contributed by atoms with Gasteiger partial charge in [0.25, 0.3) is 5.91 Å². The molecular formula is C32H40N4O6. The van der Waals surface area contributed by atoms with Crippen LogP contribution in [0.25, 0.3) is 0 Å². The molecule has 3 atom stereocenters. The van der Waals surface area contributed by atoms with E-state index in [0.29, 0.717) is 62.7 Å². The van der Waals surface area contributed by atoms with Gasteiger partial charge in [-0.25, -0.2) is 0 Å². The van der Waals surface area contributed by atoms with E-state index in [-0.39, 0.29) is 30.2 Å². The SMILES string of the molecule is COc1cc(CC(=O)N2CCCNC(=O)[C@H]3C[C@@H]4CCCN4[C@@]34C(=O)N(CCC2)c2ccccc24)cc(OC)c1OC. The molecule has 6 rings (SSSR count). The van der Waals surface area contributed by atoms with Crippen molar-refractivity contribution in [2.75, 3.05) is 59.0 Å². The minimum Gasteiger partial charge on any atom is -0.493 e. The molecule has 0 radical (unpaired) electrons. The lowest BCUT2D eigenvalue weighted by atomic mass is 9.78. The molecule has 3 amide bonds. The van der Waals surface area contributed by atoms with Gasteiger partial charge in [0, 0.05) is 43.5 Å². The third kappa shape index (κ3) is 4.47. The molecule has 4 aliphatic rings. The summed E-state index contributed by atoms with van der Waals surface area (Å²) in [4.78, 5) is 47.9. The number of para-hydroxylation sites is 1. The third-order valence-corrected chi connectivity index (χ3v) is 9.48. The maximum absolute atomic E-state index is 14.5. The van der Waals surface area contributed by atoms with E-state index in [2.05, 4.69) is 10.2 Å². The van der Waals surface area contributed by atoms with Gasteiger partial charge in [-0.1, -0.05) is 18.2 Å². The van der Waals surface area contributed by atoms with Crippen molar-refractivity contribution in [2.24, 2.45) is 5.92 Å². The highest BCUT2D eigenvalue weighted by atomic mass is 16.5. The molecule has 0 aromatic heterocycles. The van der Waals surface area contributed by atoms with E-state index in [1.807, 2.05) is 34.1 Å². The lowest BCUT2D eigenvalue weighted by molar-refractivity contribution is -0.138. The molecule has 2 bridgehead atoms. The van der Waals surface area contributed by atoms with Crippen LogP contribution in [-0.2, 0) is 26.3 Å². The summed E-state index contributed by atoms with van der Waals surface area (Å²) < 4.78 is 16.4. The summed E-state index contributed by atoms with van der Waals surface area (Å²) in [7, 11) is 4.65. The molecule has 3 saturated heterocycles. The van der Waals surface area contributed by atoms with Crippen LogP contribution in [0, 0.1) is 5.92 Å². The summed E-state index contributed by atoms with van der Waals surface area (Å²) in [5, 5.41) is 3.14. The zero-order valence-corrected chi connectivity index (χ0v) is 24.7. The summed E-state index contributed by atoms with van der Waals surface area (Å²) in [6.45, 7) is 2.78. The Bertz CT molecular complexity index is 1360. The average molecular weight is 577 g/mol. The van der Waals surface area contributed by atoms with Crippen molar-refractivity contribution in [3.63, 3.8) is 0 Å². The van der Waals surface area contributed by atoms with Gasteiger partial charge >= 0.3 is 0 Å². The molecule has 1 N–H and O–H groups in total. The predicted molar refractivity (Wildman–Crippen MR) is 157 cm³/mol. The van der Waals surface area contributed by atoms with E-state index < -0.39 is 11.5 Å². The van der Waals surface area contributed by atoms with Crippen LogP contribution >= 0.6 is 0 Å². The zero-order chi connectivity index (χ0) is 29.4. The summed E-state index contributed by atoms with van der Waals surface area (Å²) in [6, 6.07) is 11.8. The van der Waals surface area contributed by atoms with Gasteiger partial charge in [-0.3, -0.25) is 19.3 Å². The van der Waals surface area contributed by atoms with Crippen molar-refractivity contribution in [1.29, 1.82) is 0 Å². The highest BCUT2D eigenvalue weighted by Gasteiger charge is 2.67. The van der Waals surface area contributed by atoms with Crippen molar-refractivity contribution in [3.8, 4) is 17.2 Å². The van der Waals surface area contributed by atoms with Gasteiger partial charge in [0.2, 0.25) is 17.6 Å². The molecule has 0 saturated carbocycles. The van der Waals surface area contributed by atoms with Gasteiger partial charge in [0.15, 0.2) is 11.5 Å². The van der Waals surface area contributed by atoms with Gasteiger partial charge in [0.05, 0.1) is 33.7 Å². The molecule has 4 heterocycles. The number of rotatable bonds is 5. The molecule has 4 aliphatic heterocycles. The van der Waals surface area contributed by atoms with Crippen LogP contribution in [0.4, 0.5) is 5.69 Å². The molecular weight excluding hydrogens is 536 g/mol. The number of benzene rings is 2. The van der Waals surface area contributed by atoms with Gasteiger partial charge in [-0.2, -0.15) is 0 Å². The smallest absolute Gasteiger partial charge is 0.253 e. The number of carbonyl (C=O) groups excluding carboxylic acids is 3. The van der Waals surface area contributed by atoms with E-state index >= 15 is 0 Å². The first-order chi connectivity index (χ1) is 20.4. The first-order valence-corrected chi connectivity index (χ1v) is 15.0. The van der Waals surface area contributed by atoms with Crippen molar-refractivity contribution in [3.05, 3.63) is 47.5 Å². The fourth-order valence-electron chi connectivity index (χ4n) is 7.69. The Morgan fingerprint density at radius 1 is 0.952 bits per heavy atom. The van der Waals surface area contributed by atoms with Crippen molar-refractivity contribution in [2.45, 2.75) is 50.1 Å². The van der Waals surface area contributed by atoms with Crippen molar-refractivity contribution < 1.29 is 28.6 Å². The standard InChI is InChI=1S/C32H40N4O6/c1-40-26-17-21(18-27(41-2)29(26)42-3)19-28(37)34-13-7-12-33-30(38)24-20-22-9-6-16-36(22)32(24)23-10-4-5-11-25(23)35(31(32)39)15-8-14-34/h4-5,10-11,17-18,22,24H,6-9,12-16,19-20H2,1-3H3,(H,33,38)/t22-,24+,32+/m0/s1. The first-order valence-electron chi connectivity index (χ1n) is 15.0. The number of fused-ring (bicyclic) bond motifs is 4. The largest absolute Gasteiger partial charge is 0.493 e. The Hall–Kier alpha value is -3.79. The summed E-state index contributed by atoms with van der Waals surface area (Å²) >= 11 is 0. The second-order valence-electron chi connectivity index (χ2n) is 11.6. The van der Waals surface area contributed by atoms with Gasteiger partial charge in [0.1, 0.15) is 5.54 Å². The average Bonchev–Trinajstić information content (AvgIpc) is 3.66. The number of nitrogens with one attached hydrogen (secondary N) is 1. The van der Waals surface area contributed by atoms with Gasteiger partial charge in [-0.05, 0) is 62.4 Å². The van der Waals surface area contributed by atoms with Crippen molar-refractivity contribution in [1.82, 2.24) is 15.1 Å². The Morgan fingerprint density at radius 2 is 1.69 bits per heavy atom. The van der Waals surface area contributed by atoms with E-state index in [4.69, 9.17) is 14.2 Å². The third-order valence-electron chi connectivity index (χ3n) is 9.48. The number of hydrogen-bond donors (Lipinski definition) is 1. The minimum absolute atomic E-state index is 0.00259. The molecule has 2 aromatic rings. The molecule has 0 aliphatic carbocycles. The molecule has 10 nitrogen and oxygen atoms in total. The normalized spacial score (nSPS) is 25.9. The molecule has 1 spiro atoms. The highest BCUT2D eigenvalue weighted by molar-refractivity contribution is 6.10. The Labute approximate surface area is 246 Å². The Morgan fingerprint density at radius 3 is 2.43 bits per heavy atom. The second kappa shape index (κ2) is 11.5. The number of ether oxygens (including phenoxy) is 3. The number of hydrogen-bond acceptors (Lipinski definition) is 7. The van der Waals surface area contributed by atoms with Crippen LogP contribution in [0.3, 0.4) is 0 Å². The maximum atomic E-state index is 14.5. The fourth-order valence-corrected chi connectivity index (χ4v) is 7.69. The van der Waals surface area contributed by atoms with Crippen LogP contribution in [0.2, 0.25) is 0 Å². The second-order valence-corrected chi connectivity index (χ2v) is 11.6. The minimum atomic E-state index is -0.947. The topological polar surface area (TPSA) is 101 Å². The highest BCUT2D eigenvalue weighted by Crippen LogP contribution is 2.57. The number of anilines is 1. The summed E-state index contributed by atoms with van der Waals surface area (Å²) in [6.07, 6.45) is 4.18. The Balaban J connectivity index is 1.26. The van der Waals surface area contributed by atoms with Gasteiger partial charge < -0.3 is 29.3 Å². The number of carbonyl (C=O) groups is 3. The monoisotopic (exact) mass is 576 g/mol. The summed E-state index contributed by atoms with van der Waals surface area (Å²) in [5.74, 6) is 0.947. The first kappa shape index (κ1) is 28.3. The molecule has 42 heavy (non-hydrogen) atoms. The predicted octanol–water partition coefficient (Wildman–Crippen LogP) is 2.72. The molecule has 10 heteroatoms. The van der Waals surface area contributed by atoms with E-state index in [0.717, 1.165) is 36.2 Å². The van der Waals surface area contributed by atoms with Gasteiger partial charge in [-0.15, -0.1) is 0 Å².